The van der Waals surface area contributed by atoms with E-state index in [9.17, 15) is 0 Å². The SMILES string of the molecule is CCCC(C)N1CCC(CCN)C1. The third kappa shape index (κ3) is 3.28. The highest BCUT2D eigenvalue weighted by Gasteiger charge is 2.24. The Hall–Kier alpha value is -0.0800. The van der Waals surface area contributed by atoms with Gasteiger partial charge in [0, 0.05) is 12.6 Å². The van der Waals surface area contributed by atoms with Crippen molar-refractivity contribution < 1.29 is 0 Å². The minimum Gasteiger partial charge on any atom is -0.330 e. The van der Waals surface area contributed by atoms with Crippen LogP contribution in [0.15, 0.2) is 0 Å². The topological polar surface area (TPSA) is 29.3 Å². The molecule has 1 saturated heterocycles. The van der Waals surface area contributed by atoms with E-state index in [4.69, 9.17) is 5.73 Å². The van der Waals surface area contributed by atoms with Crippen molar-refractivity contribution in [1.29, 1.82) is 0 Å². The fourth-order valence-corrected chi connectivity index (χ4v) is 2.33. The number of hydrogen-bond donors (Lipinski definition) is 1. The lowest BCUT2D eigenvalue weighted by atomic mass is 10.1. The first-order valence-corrected chi connectivity index (χ1v) is 5.72. The van der Waals surface area contributed by atoms with Gasteiger partial charge in [0.2, 0.25) is 0 Å². The molecule has 1 heterocycles. The van der Waals surface area contributed by atoms with Crippen molar-refractivity contribution in [2.45, 2.75) is 45.6 Å². The molecule has 2 heteroatoms. The Labute approximate surface area is 82.5 Å². The molecule has 0 amide bonds. The highest BCUT2D eigenvalue weighted by Crippen LogP contribution is 2.22. The van der Waals surface area contributed by atoms with Gasteiger partial charge in [-0.15, -0.1) is 0 Å². The predicted octanol–water partition coefficient (Wildman–Crippen LogP) is 1.85. The number of nitrogens with two attached hydrogens (primary N) is 1. The van der Waals surface area contributed by atoms with E-state index >= 15 is 0 Å². The summed E-state index contributed by atoms with van der Waals surface area (Å²) in [5.74, 6) is 0.879. The van der Waals surface area contributed by atoms with Gasteiger partial charge in [0.1, 0.15) is 0 Å². The predicted molar refractivity (Wildman–Crippen MR) is 57.7 cm³/mol. The number of nitrogens with zero attached hydrogens (tertiary/aromatic N) is 1. The second-order valence-electron chi connectivity index (χ2n) is 4.36. The summed E-state index contributed by atoms with van der Waals surface area (Å²) < 4.78 is 0. The van der Waals surface area contributed by atoms with E-state index in [0.717, 1.165) is 18.5 Å². The third-order valence-corrected chi connectivity index (χ3v) is 3.22. The summed E-state index contributed by atoms with van der Waals surface area (Å²) in [6, 6.07) is 0.785. The van der Waals surface area contributed by atoms with Crippen molar-refractivity contribution in [2.75, 3.05) is 19.6 Å². The van der Waals surface area contributed by atoms with Gasteiger partial charge >= 0.3 is 0 Å². The van der Waals surface area contributed by atoms with Gasteiger partial charge in [0.25, 0.3) is 0 Å². The molecule has 0 spiro atoms. The van der Waals surface area contributed by atoms with Crippen LogP contribution in [0.2, 0.25) is 0 Å². The first-order valence-electron chi connectivity index (χ1n) is 5.72. The van der Waals surface area contributed by atoms with Crippen molar-refractivity contribution in [1.82, 2.24) is 4.90 Å². The average molecular weight is 184 g/mol. The van der Waals surface area contributed by atoms with Crippen LogP contribution in [-0.4, -0.2) is 30.6 Å². The summed E-state index contributed by atoms with van der Waals surface area (Å²) in [6.07, 6.45) is 5.23. The summed E-state index contributed by atoms with van der Waals surface area (Å²) in [5, 5.41) is 0. The molecule has 1 rings (SSSR count). The zero-order valence-electron chi connectivity index (χ0n) is 9.13. The zero-order valence-corrected chi connectivity index (χ0v) is 9.13. The van der Waals surface area contributed by atoms with Crippen LogP contribution < -0.4 is 5.73 Å². The first kappa shape index (κ1) is 11.0. The second-order valence-corrected chi connectivity index (χ2v) is 4.36. The first-order chi connectivity index (χ1) is 6.27. The van der Waals surface area contributed by atoms with Gasteiger partial charge < -0.3 is 10.6 Å². The largest absolute Gasteiger partial charge is 0.330 e. The van der Waals surface area contributed by atoms with Gasteiger partial charge in [-0.3, -0.25) is 0 Å². The van der Waals surface area contributed by atoms with Crippen LogP contribution in [0.4, 0.5) is 0 Å². The minimum absolute atomic E-state index is 0.785. The molecule has 0 aromatic carbocycles. The molecular weight excluding hydrogens is 160 g/mol. The van der Waals surface area contributed by atoms with Crippen LogP contribution in [-0.2, 0) is 0 Å². The summed E-state index contributed by atoms with van der Waals surface area (Å²) >= 11 is 0. The Balaban J connectivity index is 2.23. The van der Waals surface area contributed by atoms with Crippen LogP contribution in [0.5, 0.6) is 0 Å². The lowest BCUT2D eigenvalue weighted by molar-refractivity contribution is 0.235. The van der Waals surface area contributed by atoms with Gasteiger partial charge in [-0.1, -0.05) is 13.3 Å². The van der Waals surface area contributed by atoms with Crippen molar-refractivity contribution in [3.8, 4) is 0 Å². The maximum absolute atomic E-state index is 5.57. The smallest absolute Gasteiger partial charge is 0.00669 e. The van der Waals surface area contributed by atoms with Crippen molar-refractivity contribution in [3.05, 3.63) is 0 Å². The Bertz CT molecular complexity index is 136. The highest BCUT2D eigenvalue weighted by atomic mass is 15.2. The molecule has 0 aliphatic carbocycles. The lowest BCUT2D eigenvalue weighted by Gasteiger charge is -2.23. The Morgan fingerprint density at radius 3 is 2.92 bits per heavy atom. The van der Waals surface area contributed by atoms with Crippen LogP contribution >= 0.6 is 0 Å². The molecule has 1 fully saturated rings. The summed E-state index contributed by atoms with van der Waals surface area (Å²) in [7, 11) is 0. The Morgan fingerprint density at radius 1 is 1.54 bits per heavy atom. The zero-order chi connectivity index (χ0) is 9.68. The quantitative estimate of drug-likeness (QED) is 0.706. The lowest BCUT2D eigenvalue weighted by Crippen LogP contribution is -2.30. The van der Waals surface area contributed by atoms with Gasteiger partial charge in [-0.2, -0.15) is 0 Å². The molecule has 0 saturated carbocycles. The summed E-state index contributed by atoms with van der Waals surface area (Å²) in [4.78, 5) is 2.63. The van der Waals surface area contributed by atoms with E-state index in [1.165, 1.54) is 38.8 Å². The van der Waals surface area contributed by atoms with E-state index in [0.29, 0.717) is 0 Å². The summed E-state index contributed by atoms with van der Waals surface area (Å²) in [6.45, 7) is 8.07. The maximum atomic E-state index is 5.57. The molecule has 2 nitrogen and oxygen atoms in total. The minimum atomic E-state index is 0.785. The molecule has 13 heavy (non-hydrogen) atoms. The molecule has 0 bridgehead atoms. The maximum Gasteiger partial charge on any atom is 0.00669 e. The standard InChI is InChI=1S/C11H24N2/c1-3-4-10(2)13-8-6-11(9-13)5-7-12/h10-11H,3-9,12H2,1-2H3. The van der Waals surface area contributed by atoms with Crippen molar-refractivity contribution in [3.63, 3.8) is 0 Å². The Kier molecular flexibility index (Phi) is 4.74. The normalized spacial score (nSPS) is 26.5. The fraction of sp³-hybridized carbons (Fsp3) is 1.00. The molecule has 0 radical (unpaired) electrons. The monoisotopic (exact) mass is 184 g/mol. The molecule has 2 N–H and O–H groups in total. The van der Waals surface area contributed by atoms with Gasteiger partial charge in [-0.05, 0) is 45.2 Å². The number of rotatable bonds is 5. The molecule has 1 aliphatic heterocycles. The molecule has 0 aromatic heterocycles. The van der Waals surface area contributed by atoms with Crippen molar-refractivity contribution >= 4 is 0 Å². The van der Waals surface area contributed by atoms with E-state index < -0.39 is 0 Å². The Morgan fingerprint density at radius 2 is 2.31 bits per heavy atom. The van der Waals surface area contributed by atoms with Crippen LogP contribution in [0, 0.1) is 5.92 Å². The molecular formula is C11H24N2. The van der Waals surface area contributed by atoms with Crippen LogP contribution in [0.1, 0.15) is 39.5 Å². The molecule has 2 unspecified atom stereocenters. The highest BCUT2D eigenvalue weighted by molar-refractivity contribution is 4.79. The molecule has 0 aromatic rings. The second kappa shape index (κ2) is 5.61. The van der Waals surface area contributed by atoms with E-state index in [-0.39, 0.29) is 0 Å². The summed E-state index contributed by atoms with van der Waals surface area (Å²) in [5.41, 5.74) is 5.57. The number of hydrogen-bond acceptors (Lipinski definition) is 2. The van der Waals surface area contributed by atoms with E-state index in [1.54, 1.807) is 0 Å². The van der Waals surface area contributed by atoms with E-state index in [2.05, 4.69) is 18.7 Å². The molecule has 78 valence electrons. The fourth-order valence-electron chi connectivity index (χ4n) is 2.33. The van der Waals surface area contributed by atoms with Gasteiger partial charge in [0.05, 0.1) is 0 Å². The number of likely N-dealkylation sites (tertiary alicyclic amines) is 1. The van der Waals surface area contributed by atoms with Crippen molar-refractivity contribution in [2.24, 2.45) is 11.7 Å². The average Bonchev–Trinajstić information content (AvgIpc) is 2.54. The third-order valence-electron chi connectivity index (χ3n) is 3.22. The van der Waals surface area contributed by atoms with E-state index in [1.807, 2.05) is 0 Å². The molecule has 2 atom stereocenters. The van der Waals surface area contributed by atoms with Crippen LogP contribution in [0.25, 0.3) is 0 Å². The van der Waals surface area contributed by atoms with Gasteiger partial charge in [-0.25, -0.2) is 0 Å². The van der Waals surface area contributed by atoms with Crippen LogP contribution in [0.3, 0.4) is 0 Å². The van der Waals surface area contributed by atoms with Gasteiger partial charge in [0.15, 0.2) is 0 Å². The molecule has 1 aliphatic rings.